The molecule has 2 heterocycles. The van der Waals surface area contributed by atoms with Gasteiger partial charge in [-0.3, -0.25) is 4.68 Å². The second-order valence-corrected chi connectivity index (χ2v) is 3.90. The van der Waals surface area contributed by atoms with Crippen LogP contribution in [-0.2, 0) is 6.54 Å². The van der Waals surface area contributed by atoms with Crippen LogP contribution >= 0.6 is 0 Å². The van der Waals surface area contributed by atoms with E-state index in [-0.39, 0.29) is 5.69 Å². The van der Waals surface area contributed by atoms with Crippen molar-refractivity contribution in [1.82, 2.24) is 15.1 Å². The maximum atomic E-state index is 10.9. The van der Waals surface area contributed by atoms with Gasteiger partial charge in [0.15, 0.2) is 0 Å². The first-order valence-electron chi connectivity index (χ1n) is 5.23. The Morgan fingerprint density at radius 2 is 2.33 bits per heavy atom. The number of hydrogen-bond donors (Lipinski definition) is 2. The summed E-state index contributed by atoms with van der Waals surface area (Å²) in [5.74, 6) is -0.356. The van der Waals surface area contributed by atoms with E-state index < -0.39 is 5.97 Å². The molecular weight excluding hydrogens is 194 g/mol. The molecule has 0 saturated carbocycles. The van der Waals surface area contributed by atoms with Gasteiger partial charge < -0.3 is 10.4 Å². The highest BCUT2D eigenvalue weighted by Gasteiger charge is 2.17. The van der Waals surface area contributed by atoms with Crippen molar-refractivity contribution in [2.24, 2.45) is 5.92 Å². The highest BCUT2D eigenvalue weighted by atomic mass is 16.4. The van der Waals surface area contributed by atoms with E-state index in [0.29, 0.717) is 5.92 Å². The molecule has 82 valence electrons. The minimum absolute atomic E-state index is 0.286. The molecule has 0 aliphatic carbocycles. The average molecular weight is 209 g/mol. The second kappa shape index (κ2) is 4.44. The van der Waals surface area contributed by atoms with Gasteiger partial charge in [-0.05, 0) is 37.9 Å². The van der Waals surface area contributed by atoms with Gasteiger partial charge in [0.1, 0.15) is 5.69 Å². The Bertz CT molecular complexity index is 342. The van der Waals surface area contributed by atoms with Crippen molar-refractivity contribution in [3.05, 3.63) is 18.0 Å². The molecule has 2 N–H and O–H groups in total. The van der Waals surface area contributed by atoms with Crippen LogP contribution in [0.2, 0.25) is 0 Å². The molecule has 0 bridgehead atoms. The number of hydrogen-bond acceptors (Lipinski definition) is 3. The van der Waals surface area contributed by atoms with Crippen molar-refractivity contribution in [2.75, 3.05) is 13.1 Å². The van der Waals surface area contributed by atoms with Crippen LogP contribution in [0.5, 0.6) is 0 Å². The van der Waals surface area contributed by atoms with Gasteiger partial charge in [0.05, 0.1) is 0 Å². The van der Waals surface area contributed by atoms with Gasteiger partial charge in [-0.2, -0.15) is 5.10 Å². The summed E-state index contributed by atoms with van der Waals surface area (Å²) in [5.41, 5.74) is 0.286. The molecule has 1 aromatic rings. The number of rotatable bonds is 3. The smallest absolute Gasteiger partial charge is 0.354 e. The fourth-order valence-corrected chi connectivity index (χ4v) is 1.97. The van der Waals surface area contributed by atoms with Crippen LogP contribution in [0.1, 0.15) is 23.3 Å². The zero-order chi connectivity index (χ0) is 10.7. The third-order valence-corrected chi connectivity index (χ3v) is 2.83. The van der Waals surface area contributed by atoms with Crippen molar-refractivity contribution in [1.29, 1.82) is 0 Å². The number of aromatic carboxylic acids is 1. The zero-order valence-corrected chi connectivity index (χ0v) is 8.52. The lowest BCUT2D eigenvalue weighted by Crippen LogP contribution is -2.30. The normalized spacial score (nSPS) is 17.9. The highest BCUT2D eigenvalue weighted by molar-refractivity contribution is 5.85. The molecule has 1 aromatic heterocycles. The van der Waals surface area contributed by atoms with Gasteiger partial charge in [0, 0.05) is 12.7 Å². The van der Waals surface area contributed by atoms with E-state index in [1.165, 1.54) is 0 Å². The molecule has 1 aliphatic rings. The summed E-state index contributed by atoms with van der Waals surface area (Å²) in [6.07, 6.45) is 3.74. The molecule has 0 radical (unpaired) electrons. The first-order chi connectivity index (χ1) is 7.27. The number of carboxylic acids is 1. The van der Waals surface area contributed by atoms with Crippen LogP contribution in [0.3, 0.4) is 0 Å². The molecule has 1 saturated heterocycles. The molecule has 0 spiro atoms. The number of carbonyl (C=O) groups is 1. The molecule has 0 amide bonds. The molecule has 5 heteroatoms. The number of nitrogens with one attached hydrogen (secondary N) is 1. The summed E-state index contributed by atoms with van der Waals surface area (Å²) in [6, 6.07) is 1.55. The van der Waals surface area contributed by atoms with Gasteiger partial charge in [-0.1, -0.05) is 0 Å². The predicted octanol–water partition coefficient (Wildman–Crippen LogP) is 0.581. The van der Waals surface area contributed by atoms with Gasteiger partial charge in [0.2, 0.25) is 0 Å². The Labute approximate surface area is 88.1 Å². The van der Waals surface area contributed by atoms with Crippen LogP contribution in [0.4, 0.5) is 0 Å². The lowest BCUT2D eigenvalue weighted by Gasteiger charge is -2.22. The lowest BCUT2D eigenvalue weighted by molar-refractivity contribution is 0.0681. The SMILES string of the molecule is O=C(O)c1ccnn1CC1CCNCC1. The average Bonchev–Trinajstić information content (AvgIpc) is 2.67. The second-order valence-electron chi connectivity index (χ2n) is 3.90. The standard InChI is InChI=1S/C10H15N3O2/c14-10(15)9-3-6-12-13(9)7-8-1-4-11-5-2-8/h3,6,8,11H,1-2,4-5,7H2,(H,14,15). The van der Waals surface area contributed by atoms with Gasteiger partial charge in [-0.15, -0.1) is 0 Å². The lowest BCUT2D eigenvalue weighted by atomic mass is 9.98. The highest BCUT2D eigenvalue weighted by Crippen LogP contribution is 2.14. The molecule has 15 heavy (non-hydrogen) atoms. The Morgan fingerprint density at radius 3 is 3.00 bits per heavy atom. The van der Waals surface area contributed by atoms with Crippen LogP contribution < -0.4 is 5.32 Å². The summed E-state index contributed by atoms with van der Waals surface area (Å²) in [4.78, 5) is 10.9. The number of aromatic nitrogens is 2. The Kier molecular flexibility index (Phi) is 3.01. The maximum Gasteiger partial charge on any atom is 0.354 e. The zero-order valence-electron chi connectivity index (χ0n) is 8.52. The molecule has 0 aromatic carbocycles. The summed E-state index contributed by atoms with van der Waals surface area (Å²) < 4.78 is 1.60. The number of piperidine rings is 1. The minimum Gasteiger partial charge on any atom is -0.477 e. The third-order valence-electron chi connectivity index (χ3n) is 2.83. The number of nitrogens with zero attached hydrogens (tertiary/aromatic N) is 2. The molecular formula is C10H15N3O2. The Hall–Kier alpha value is -1.36. The molecule has 1 fully saturated rings. The van der Waals surface area contributed by atoms with E-state index in [1.807, 2.05) is 0 Å². The largest absolute Gasteiger partial charge is 0.477 e. The Balaban J connectivity index is 2.03. The van der Waals surface area contributed by atoms with Crippen molar-refractivity contribution in [2.45, 2.75) is 19.4 Å². The van der Waals surface area contributed by atoms with Crippen molar-refractivity contribution >= 4 is 5.97 Å². The van der Waals surface area contributed by atoms with Gasteiger partial charge in [-0.25, -0.2) is 4.79 Å². The quantitative estimate of drug-likeness (QED) is 0.764. The monoisotopic (exact) mass is 209 g/mol. The molecule has 0 unspecified atom stereocenters. The predicted molar refractivity (Wildman–Crippen MR) is 54.8 cm³/mol. The first kappa shape index (κ1) is 10.2. The summed E-state index contributed by atoms with van der Waals surface area (Å²) in [7, 11) is 0. The molecule has 0 atom stereocenters. The third kappa shape index (κ3) is 2.36. The Morgan fingerprint density at radius 1 is 1.60 bits per heavy atom. The van der Waals surface area contributed by atoms with Crippen LogP contribution in [0.15, 0.2) is 12.3 Å². The maximum absolute atomic E-state index is 10.9. The van der Waals surface area contributed by atoms with Gasteiger partial charge in [0.25, 0.3) is 0 Å². The van der Waals surface area contributed by atoms with Crippen molar-refractivity contribution in [3.8, 4) is 0 Å². The minimum atomic E-state index is -0.901. The fourth-order valence-electron chi connectivity index (χ4n) is 1.97. The topological polar surface area (TPSA) is 67.1 Å². The van der Waals surface area contributed by atoms with Crippen molar-refractivity contribution in [3.63, 3.8) is 0 Å². The summed E-state index contributed by atoms with van der Waals surface area (Å²) in [6.45, 7) is 2.76. The van der Waals surface area contributed by atoms with E-state index in [4.69, 9.17) is 5.11 Å². The van der Waals surface area contributed by atoms with Crippen LogP contribution in [-0.4, -0.2) is 33.9 Å². The summed E-state index contributed by atoms with van der Waals surface area (Å²) >= 11 is 0. The van der Waals surface area contributed by atoms with Crippen LogP contribution in [0, 0.1) is 5.92 Å². The van der Waals surface area contributed by atoms with Crippen molar-refractivity contribution < 1.29 is 9.90 Å². The van der Waals surface area contributed by atoms with E-state index in [2.05, 4.69) is 10.4 Å². The fraction of sp³-hybridized carbons (Fsp3) is 0.600. The molecule has 1 aliphatic heterocycles. The molecule has 5 nitrogen and oxygen atoms in total. The van der Waals surface area contributed by atoms with E-state index in [9.17, 15) is 4.79 Å². The number of carboxylic acid groups (broad SMARTS) is 1. The van der Waals surface area contributed by atoms with Gasteiger partial charge >= 0.3 is 5.97 Å². The van der Waals surface area contributed by atoms with E-state index in [1.54, 1.807) is 16.9 Å². The summed E-state index contributed by atoms with van der Waals surface area (Å²) in [5, 5.41) is 16.2. The van der Waals surface area contributed by atoms with E-state index in [0.717, 1.165) is 32.5 Å². The first-order valence-corrected chi connectivity index (χ1v) is 5.23. The van der Waals surface area contributed by atoms with E-state index >= 15 is 0 Å². The molecule has 2 rings (SSSR count). The van der Waals surface area contributed by atoms with Crippen LogP contribution in [0.25, 0.3) is 0 Å².